The zero-order valence-corrected chi connectivity index (χ0v) is 10.7. The van der Waals surface area contributed by atoms with Crippen molar-refractivity contribution in [2.45, 2.75) is 13.3 Å². The van der Waals surface area contributed by atoms with Crippen molar-refractivity contribution < 1.29 is 19.4 Å². The summed E-state index contributed by atoms with van der Waals surface area (Å²) in [4.78, 5) is 26.6. The summed E-state index contributed by atoms with van der Waals surface area (Å²) in [5.41, 5.74) is 1.51. The molecule has 1 N–H and O–H groups in total. The second-order valence-electron chi connectivity index (χ2n) is 4.08. The number of nitrogens with zero attached hydrogens (tertiary/aromatic N) is 2. The Balaban J connectivity index is 2.39. The average molecular weight is 262 g/mol. The maximum absolute atomic E-state index is 11.4. The number of benzene rings is 1. The Hall–Kier alpha value is -2.37. The number of ether oxygens (including phenoxy) is 1. The van der Waals surface area contributed by atoms with E-state index < -0.39 is 5.97 Å². The van der Waals surface area contributed by atoms with Gasteiger partial charge >= 0.3 is 11.9 Å². The molecule has 0 aliphatic rings. The highest BCUT2D eigenvalue weighted by Crippen LogP contribution is 2.17. The number of hydrogen-bond donors (Lipinski definition) is 1. The highest BCUT2D eigenvalue weighted by molar-refractivity contribution is 5.92. The Labute approximate surface area is 109 Å². The fourth-order valence-electron chi connectivity index (χ4n) is 1.88. The maximum Gasteiger partial charge on any atom is 0.335 e. The monoisotopic (exact) mass is 262 g/mol. The number of aromatic carboxylic acids is 1. The van der Waals surface area contributed by atoms with Crippen LogP contribution in [0.15, 0.2) is 18.2 Å². The molecule has 0 amide bonds. The van der Waals surface area contributed by atoms with Crippen molar-refractivity contribution in [1.29, 1.82) is 0 Å². The number of fused-ring (bicyclic) bond motifs is 1. The van der Waals surface area contributed by atoms with Crippen LogP contribution in [0.2, 0.25) is 0 Å². The lowest BCUT2D eigenvalue weighted by Crippen LogP contribution is -2.11. The molecule has 19 heavy (non-hydrogen) atoms. The van der Waals surface area contributed by atoms with E-state index in [0.717, 1.165) is 5.52 Å². The number of esters is 1. The van der Waals surface area contributed by atoms with Gasteiger partial charge in [0.05, 0.1) is 23.2 Å². The lowest BCUT2D eigenvalue weighted by Gasteiger charge is -2.02. The Bertz CT molecular complexity index is 645. The molecule has 1 heterocycles. The quantitative estimate of drug-likeness (QED) is 0.842. The smallest absolute Gasteiger partial charge is 0.335 e. The van der Waals surface area contributed by atoms with E-state index in [1.165, 1.54) is 12.1 Å². The molecule has 1 aromatic heterocycles. The number of carbonyl (C=O) groups excluding carboxylic acids is 1. The molecule has 0 fully saturated rings. The predicted octanol–water partition coefficient (Wildman–Crippen LogP) is 1.38. The Morgan fingerprint density at radius 2 is 2.16 bits per heavy atom. The van der Waals surface area contributed by atoms with Gasteiger partial charge in [-0.15, -0.1) is 0 Å². The number of carboxylic acid groups (broad SMARTS) is 1. The van der Waals surface area contributed by atoms with Crippen LogP contribution >= 0.6 is 0 Å². The van der Waals surface area contributed by atoms with Gasteiger partial charge in [-0.2, -0.15) is 0 Å². The zero-order valence-electron chi connectivity index (χ0n) is 10.7. The van der Waals surface area contributed by atoms with Crippen LogP contribution < -0.4 is 0 Å². The maximum atomic E-state index is 11.4. The molecule has 2 rings (SSSR count). The van der Waals surface area contributed by atoms with Crippen LogP contribution in [0, 0.1) is 0 Å². The van der Waals surface area contributed by atoms with Gasteiger partial charge in [-0.1, -0.05) is 0 Å². The van der Waals surface area contributed by atoms with E-state index in [4.69, 9.17) is 9.84 Å². The van der Waals surface area contributed by atoms with Gasteiger partial charge < -0.3 is 14.4 Å². The lowest BCUT2D eigenvalue weighted by atomic mass is 10.2. The number of carbonyl (C=O) groups is 2. The molecule has 0 bridgehead atoms. The van der Waals surface area contributed by atoms with Gasteiger partial charge in [0.1, 0.15) is 12.2 Å². The first-order valence-corrected chi connectivity index (χ1v) is 5.87. The molecule has 0 spiro atoms. The van der Waals surface area contributed by atoms with E-state index >= 15 is 0 Å². The largest absolute Gasteiger partial charge is 0.478 e. The molecule has 1 aromatic carbocycles. The first-order chi connectivity index (χ1) is 9.02. The molecular weight excluding hydrogens is 248 g/mol. The van der Waals surface area contributed by atoms with Crippen LogP contribution in [0.1, 0.15) is 23.1 Å². The normalized spacial score (nSPS) is 10.6. The fourth-order valence-corrected chi connectivity index (χ4v) is 1.88. The Morgan fingerprint density at radius 3 is 2.79 bits per heavy atom. The summed E-state index contributed by atoms with van der Waals surface area (Å²) >= 11 is 0. The number of hydrogen-bond acceptors (Lipinski definition) is 4. The number of aryl methyl sites for hydroxylation is 1. The van der Waals surface area contributed by atoms with Gasteiger partial charge in [-0.25, -0.2) is 9.78 Å². The molecule has 100 valence electrons. The van der Waals surface area contributed by atoms with Crippen LogP contribution in [-0.4, -0.2) is 33.2 Å². The molecule has 0 saturated carbocycles. The molecule has 0 aliphatic carbocycles. The number of carboxylic acids is 1. The summed E-state index contributed by atoms with van der Waals surface area (Å²) in [5.74, 6) is -0.796. The van der Waals surface area contributed by atoms with E-state index in [9.17, 15) is 9.59 Å². The highest BCUT2D eigenvalue weighted by atomic mass is 16.5. The molecule has 0 saturated heterocycles. The fraction of sp³-hybridized carbons (Fsp3) is 0.308. The summed E-state index contributed by atoms with van der Waals surface area (Å²) in [6.07, 6.45) is 0.0709. The van der Waals surface area contributed by atoms with Gasteiger partial charge in [0.25, 0.3) is 0 Å². The number of imidazole rings is 1. The van der Waals surface area contributed by atoms with Crippen LogP contribution in [0.3, 0.4) is 0 Å². The van der Waals surface area contributed by atoms with E-state index in [-0.39, 0.29) is 18.0 Å². The van der Waals surface area contributed by atoms with Crippen LogP contribution in [0.25, 0.3) is 11.0 Å². The van der Waals surface area contributed by atoms with Gasteiger partial charge in [0.15, 0.2) is 0 Å². The first-order valence-electron chi connectivity index (χ1n) is 5.87. The zero-order chi connectivity index (χ0) is 14.0. The first kappa shape index (κ1) is 13.1. The summed E-state index contributed by atoms with van der Waals surface area (Å²) in [6, 6.07) is 4.69. The van der Waals surface area contributed by atoms with Gasteiger partial charge in [-0.05, 0) is 25.1 Å². The van der Waals surface area contributed by atoms with Crippen molar-refractivity contribution in [3.63, 3.8) is 0 Å². The van der Waals surface area contributed by atoms with Crippen molar-refractivity contribution in [1.82, 2.24) is 9.55 Å². The van der Waals surface area contributed by atoms with E-state index in [2.05, 4.69) is 4.98 Å². The SMILES string of the molecule is CCOC(=O)Cc1nc2cc(C(=O)O)ccc2n1C. The number of aromatic nitrogens is 2. The van der Waals surface area contributed by atoms with Crippen LogP contribution in [0.4, 0.5) is 0 Å². The molecule has 6 nitrogen and oxygen atoms in total. The second-order valence-corrected chi connectivity index (χ2v) is 4.08. The minimum absolute atomic E-state index is 0.0709. The third-order valence-electron chi connectivity index (χ3n) is 2.83. The third kappa shape index (κ3) is 2.57. The van der Waals surface area contributed by atoms with Crippen LogP contribution in [-0.2, 0) is 23.0 Å². The van der Waals surface area contributed by atoms with Crippen molar-refractivity contribution in [3.05, 3.63) is 29.6 Å². The molecular formula is C13H14N2O4. The van der Waals surface area contributed by atoms with Crippen LogP contribution in [0.5, 0.6) is 0 Å². The minimum atomic E-state index is -1.00. The molecule has 0 unspecified atom stereocenters. The second kappa shape index (κ2) is 5.09. The van der Waals surface area contributed by atoms with E-state index in [0.29, 0.717) is 17.9 Å². The number of rotatable bonds is 4. The molecule has 6 heteroatoms. The molecule has 0 atom stereocenters. The highest BCUT2D eigenvalue weighted by Gasteiger charge is 2.14. The Kier molecular flexibility index (Phi) is 3.50. The molecule has 0 radical (unpaired) electrons. The van der Waals surface area contributed by atoms with Crippen molar-refractivity contribution in [2.75, 3.05) is 6.61 Å². The van der Waals surface area contributed by atoms with E-state index in [1.807, 2.05) is 0 Å². The van der Waals surface area contributed by atoms with Crippen molar-refractivity contribution >= 4 is 23.0 Å². The van der Waals surface area contributed by atoms with Crippen molar-refractivity contribution in [2.24, 2.45) is 7.05 Å². The van der Waals surface area contributed by atoms with Gasteiger partial charge in [0.2, 0.25) is 0 Å². The topological polar surface area (TPSA) is 81.4 Å². The standard InChI is InChI=1S/C13H14N2O4/c1-3-19-12(16)7-11-14-9-6-8(13(17)18)4-5-10(9)15(11)2/h4-6H,3,7H2,1-2H3,(H,17,18). The van der Waals surface area contributed by atoms with Gasteiger partial charge in [0, 0.05) is 7.05 Å². The minimum Gasteiger partial charge on any atom is -0.478 e. The lowest BCUT2D eigenvalue weighted by molar-refractivity contribution is -0.142. The summed E-state index contributed by atoms with van der Waals surface area (Å²) < 4.78 is 6.63. The molecule has 0 aliphatic heterocycles. The third-order valence-corrected chi connectivity index (χ3v) is 2.83. The summed E-state index contributed by atoms with van der Waals surface area (Å²) in [6.45, 7) is 2.07. The van der Waals surface area contributed by atoms with Gasteiger partial charge in [-0.3, -0.25) is 4.79 Å². The average Bonchev–Trinajstić information content (AvgIpc) is 2.66. The summed E-state index contributed by atoms with van der Waals surface area (Å²) in [5, 5.41) is 8.93. The predicted molar refractivity (Wildman–Crippen MR) is 68.0 cm³/mol. The Morgan fingerprint density at radius 1 is 1.42 bits per heavy atom. The summed E-state index contributed by atoms with van der Waals surface area (Å²) in [7, 11) is 1.78. The van der Waals surface area contributed by atoms with Crippen molar-refractivity contribution in [3.8, 4) is 0 Å². The molecule has 2 aromatic rings. The van der Waals surface area contributed by atoms with E-state index in [1.54, 1.807) is 24.6 Å².